The van der Waals surface area contributed by atoms with Crippen molar-refractivity contribution >= 4 is 5.82 Å². The smallest absolute Gasteiger partial charge is 0.147 e. The van der Waals surface area contributed by atoms with Crippen molar-refractivity contribution in [2.45, 2.75) is 26.7 Å². The molecule has 0 saturated carbocycles. The highest BCUT2D eigenvalue weighted by Crippen LogP contribution is 2.16. The van der Waals surface area contributed by atoms with E-state index in [-0.39, 0.29) is 0 Å². The van der Waals surface area contributed by atoms with Crippen molar-refractivity contribution in [3.63, 3.8) is 0 Å². The molecule has 1 aromatic rings. The molecule has 0 aromatic carbocycles. The third-order valence-corrected chi connectivity index (χ3v) is 2.97. The largest absolute Gasteiger partial charge is 0.381 e. The molecule has 0 radical (unpaired) electrons. The molecule has 1 N–H and O–H groups in total. The van der Waals surface area contributed by atoms with Gasteiger partial charge < -0.3 is 10.1 Å². The van der Waals surface area contributed by atoms with Gasteiger partial charge in [0.15, 0.2) is 0 Å². The molecule has 0 atom stereocenters. The number of nitrogens with zero attached hydrogens (tertiary/aromatic N) is 2. The maximum Gasteiger partial charge on any atom is 0.147 e. The summed E-state index contributed by atoms with van der Waals surface area (Å²) in [4.78, 5) is 8.74. The monoisotopic (exact) mass is 221 g/mol. The average Bonchev–Trinajstić information content (AvgIpc) is 2.32. The van der Waals surface area contributed by atoms with E-state index in [4.69, 9.17) is 4.74 Å². The van der Waals surface area contributed by atoms with Crippen LogP contribution in [0, 0.1) is 19.8 Å². The minimum absolute atomic E-state index is 0.704. The Kier molecular flexibility index (Phi) is 3.72. The molecule has 1 aromatic heterocycles. The molecule has 0 unspecified atom stereocenters. The van der Waals surface area contributed by atoms with Gasteiger partial charge in [-0.25, -0.2) is 4.98 Å². The first kappa shape index (κ1) is 11.3. The lowest BCUT2D eigenvalue weighted by atomic mass is 10.0. The van der Waals surface area contributed by atoms with E-state index in [9.17, 15) is 0 Å². The summed E-state index contributed by atoms with van der Waals surface area (Å²) in [5.41, 5.74) is 1.93. The molecule has 0 bridgehead atoms. The molecular weight excluding hydrogens is 202 g/mol. The van der Waals surface area contributed by atoms with Crippen molar-refractivity contribution in [3.8, 4) is 0 Å². The molecule has 0 aliphatic carbocycles. The third-order valence-electron chi connectivity index (χ3n) is 2.97. The number of aromatic nitrogens is 2. The van der Waals surface area contributed by atoms with E-state index in [0.29, 0.717) is 5.92 Å². The molecule has 2 rings (SSSR count). The van der Waals surface area contributed by atoms with Crippen LogP contribution in [0.4, 0.5) is 5.82 Å². The van der Waals surface area contributed by atoms with E-state index >= 15 is 0 Å². The third kappa shape index (κ3) is 2.92. The Balaban J connectivity index is 1.90. The Labute approximate surface area is 96.4 Å². The second kappa shape index (κ2) is 5.25. The van der Waals surface area contributed by atoms with Crippen LogP contribution in [-0.2, 0) is 4.74 Å². The molecule has 2 heterocycles. The van der Waals surface area contributed by atoms with Gasteiger partial charge in [-0.2, -0.15) is 0 Å². The Morgan fingerprint density at radius 3 is 2.88 bits per heavy atom. The van der Waals surface area contributed by atoms with Crippen LogP contribution >= 0.6 is 0 Å². The second-order valence-corrected chi connectivity index (χ2v) is 4.38. The van der Waals surface area contributed by atoms with E-state index in [2.05, 4.69) is 15.3 Å². The summed E-state index contributed by atoms with van der Waals surface area (Å²) in [6.07, 6.45) is 4.09. The van der Waals surface area contributed by atoms with Crippen molar-refractivity contribution in [1.82, 2.24) is 9.97 Å². The van der Waals surface area contributed by atoms with Crippen molar-refractivity contribution in [2.24, 2.45) is 5.92 Å². The van der Waals surface area contributed by atoms with E-state index in [1.165, 1.54) is 0 Å². The quantitative estimate of drug-likeness (QED) is 0.847. The zero-order valence-corrected chi connectivity index (χ0v) is 9.99. The topological polar surface area (TPSA) is 47.0 Å². The summed E-state index contributed by atoms with van der Waals surface area (Å²) in [5, 5.41) is 3.39. The first-order valence-corrected chi connectivity index (χ1v) is 5.87. The van der Waals surface area contributed by atoms with Crippen LogP contribution in [-0.4, -0.2) is 29.7 Å². The fourth-order valence-corrected chi connectivity index (χ4v) is 1.90. The highest BCUT2D eigenvalue weighted by atomic mass is 16.5. The maximum absolute atomic E-state index is 5.34. The van der Waals surface area contributed by atoms with E-state index in [1.54, 1.807) is 6.20 Å². The summed E-state index contributed by atoms with van der Waals surface area (Å²) in [7, 11) is 0. The van der Waals surface area contributed by atoms with Crippen LogP contribution in [0.5, 0.6) is 0 Å². The minimum atomic E-state index is 0.704. The normalized spacial score (nSPS) is 17.4. The first-order valence-electron chi connectivity index (χ1n) is 5.87. The molecule has 4 nitrogen and oxygen atoms in total. The highest BCUT2D eigenvalue weighted by molar-refractivity contribution is 5.39. The van der Waals surface area contributed by atoms with Gasteiger partial charge in [-0.05, 0) is 32.6 Å². The predicted molar refractivity (Wildman–Crippen MR) is 63.5 cm³/mol. The zero-order valence-electron chi connectivity index (χ0n) is 9.99. The molecule has 16 heavy (non-hydrogen) atoms. The lowest BCUT2D eigenvalue weighted by Gasteiger charge is -2.22. The molecule has 1 saturated heterocycles. The number of anilines is 1. The van der Waals surface area contributed by atoms with E-state index in [0.717, 1.165) is 49.8 Å². The van der Waals surface area contributed by atoms with Crippen LogP contribution in [0.15, 0.2) is 6.20 Å². The van der Waals surface area contributed by atoms with Crippen molar-refractivity contribution in [1.29, 1.82) is 0 Å². The van der Waals surface area contributed by atoms with Gasteiger partial charge in [-0.1, -0.05) is 0 Å². The van der Waals surface area contributed by atoms with Crippen molar-refractivity contribution in [3.05, 3.63) is 17.6 Å². The second-order valence-electron chi connectivity index (χ2n) is 4.38. The molecule has 88 valence electrons. The number of hydrogen-bond acceptors (Lipinski definition) is 4. The van der Waals surface area contributed by atoms with Gasteiger partial charge in [0.2, 0.25) is 0 Å². The Hall–Kier alpha value is -1.16. The van der Waals surface area contributed by atoms with Crippen molar-refractivity contribution < 1.29 is 4.74 Å². The van der Waals surface area contributed by atoms with Gasteiger partial charge in [0.05, 0.1) is 11.4 Å². The van der Waals surface area contributed by atoms with Crippen LogP contribution < -0.4 is 5.32 Å². The lowest BCUT2D eigenvalue weighted by molar-refractivity contribution is 0.0699. The van der Waals surface area contributed by atoms with Gasteiger partial charge in [0.25, 0.3) is 0 Å². The number of hydrogen-bond donors (Lipinski definition) is 1. The summed E-state index contributed by atoms with van der Waals surface area (Å²) >= 11 is 0. The molecule has 1 aliphatic rings. The Bertz CT molecular complexity index is 348. The van der Waals surface area contributed by atoms with Gasteiger partial charge in [-0.15, -0.1) is 0 Å². The highest BCUT2D eigenvalue weighted by Gasteiger charge is 2.14. The van der Waals surface area contributed by atoms with Gasteiger partial charge in [0, 0.05) is 26.0 Å². The maximum atomic E-state index is 5.34. The molecule has 4 heteroatoms. The summed E-state index contributed by atoms with van der Waals surface area (Å²) in [6, 6.07) is 0. The van der Waals surface area contributed by atoms with Gasteiger partial charge in [0.1, 0.15) is 5.82 Å². The minimum Gasteiger partial charge on any atom is -0.381 e. The summed E-state index contributed by atoms with van der Waals surface area (Å²) in [5.74, 6) is 1.63. The number of ether oxygens (including phenoxy) is 1. The molecule has 0 amide bonds. The summed E-state index contributed by atoms with van der Waals surface area (Å²) < 4.78 is 5.34. The van der Waals surface area contributed by atoms with Gasteiger partial charge in [-0.3, -0.25) is 4.98 Å². The Morgan fingerprint density at radius 2 is 2.12 bits per heavy atom. The number of nitrogens with one attached hydrogen (secondary N) is 1. The predicted octanol–water partition coefficient (Wildman–Crippen LogP) is 1.93. The molecule has 1 aliphatic heterocycles. The summed E-state index contributed by atoms with van der Waals surface area (Å²) in [6.45, 7) is 6.71. The van der Waals surface area contributed by atoms with Crippen LogP contribution in [0.3, 0.4) is 0 Å². The van der Waals surface area contributed by atoms with Gasteiger partial charge >= 0.3 is 0 Å². The number of aryl methyl sites for hydroxylation is 2. The van der Waals surface area contributed by atoms with E-state index < -0.39 is 0 Å². The fourth-order valence-electron chi connectivity index (χ4n) is 1.90. The standard InChI is InChI=1S/C12H19N3O/c1-9-7-13-10(2)12(15-9)14-8-11-3-5-16-6-4-11/h7,11H,3-6,8H2,1-2H3,(H,14,15). The molecule has 0 spiro atoms. The Morgan fingerprint density at radius 1 is 1.38 bits per heavy atom. The SMILES string of the molecule is Cc1cnc(C)c(NCC2CCOCC2)n1. The average molecular weight is 221 g/mol. The van der Waals surface area contributed by atoms with Crippen LogP contribution in [0.25, 0.3) is 0 Å². The number of rotatable bonds is 3. The van der Waals surface area contributed by atoms with Crippen LogP contribution in [0.1, 0.15) is 24.2 Å². The van der Waals surface area contributed by atoms with E-state index in [1.807, 2.05) is 13.8 Å². The molecular formula is C12H19N3O. The zero-order chi connectivity index (χ0) is 11.4. The fraction of sp³-hybridized carbons (Fsp3) is 0.667. The molecule has 1 fully saturated rings. The lowest BCUT2D eigenvalue weighted by Crippen LogP contribution is -2.23. The van der Waals surface area contributed by atoms with Crippen molar-refractivity contribution in [2.75, 3.05) is 25.1 Å². The van der Waals surface area contributed by atoms with Crippen LogP contribution in [0.2, 0.25) is 0 Å². The first-order chi connectivity index (χ1) is 7.75.